The van der Waals surface area contributed by atoms with Gasteiger partial charge in [0.05, 0.1) is 33.8 Å². The molecule has 0 spiro atoms. The number of allylic oxidation sites excluding steroid dienone is 11. The molecule has 0 rings (SSSR count). The largest absolute Gasteiger partial charge is 0.472 e. The Morgan fingerprint density at radius 1 is 0.493 bits per heavy atom. The molecule has 0 heterocycles. The van der Waals surface area contributed by atoms with E-state index in [0.29, 0.717) is 17.4 Å². The number of ether oxygens (including phenoxy) is 1. The molecule has 9 nitrogen and oxygen atoms in total. The summed E-state index contributed by atoms with van der Waals surface area (Å²) in [4.78, 5) is 37.6. The van der Waals surface area contributed by atoms with Crippen LogP contribution >= 0.6 is 7.82 Å². The van der Waals surface area contributed by atoms with Gasteiger partial charge in [-0.3, -0.25) is 18.6 Å². The van der Waals surface area contributed by atoms with Gasteiger partial charge in [-0.05, 0) is 76.7 Å². The average Bonchev–Trinajstić information content (AvgIpc) is 3.35. The number of carbonyl (C=O) groups excluding carboxylic acids is 2. The topological polar surface area (TPSA) is 111 Å². The Kier molecular flexibility index (Phi) is 51.0. The van der Waals surface area contributed by atoms with Crippen molar-refractivity contribution in [2.75, 3.05) is 40.9 Å². The highest BCUT2D eigenvalue weighted by molar-refractivity contribution is 7.47. The van der Waals surface area contributed by atoms with E-state index in [0.717, 1.165) is 103 Å². The minimum absolute atomic E-state index is 0.0365. The number of hydrogen-bond donors (Lipinski definition) is 2. The molecule has 3 unspecified atom stereocenters. The van der Waals surface area contributed by atoms with Gasteiger partial charge in [0.1, 0.15) is 19.3 Å². The fraction of sp³-hybridized carbons (Fsp3) is 0.778. The number of amides is 1. The van der Waals surface area contributed by atoms with Gasteiger partial charge in [0.2, 0.25) is 5.91 Å². The SMILES string of the molecule is CC/C=C\C/C=C\C/C=C\C/C=C\C/C=C\CCCCCCCCCC(=O)NC(COP(=O)(O)OCC[N+](C)(C)C)C(/C=C/CCCCCCCCCCCCC)OC(=O)CCCCCCCCCCCCC. The van der Waals surface area contributed by atoms with Gasteiger partial charge in [0, 0.05) is 12.8 Å². The Morgan fingerprint density at radius 2 is 0.877 bits per heavy atom. The van der Waals surface area contributed by atoms with Crippen molar-refractivity contribution in [3.63, 3.8) is 0 Å². The third kappa shape index (κ3) is 54.1. The summed E-state index contributed by atoms with van der Waals surface area (Å²) < 4.78 is 30.6. The van der Waals surface area contributed by atoms with Crippen molar-refractivity contribution in [2.45, 2.75) is 277 Å². The molecule has 0 aromatic heterocycles. The van der Waals surface area contributed by atoms with Crippen LogP contribution in [-0.4, -0.2) is 74.3 Å². The molecule has 0 saturated heterocycles. The Hall–Kier alpha value is -2.55. The van der Waals surface area contributed by atoms with Crippen LogP contribution in [0.15, 0.2) is 72.9 Å². The van der Waals surface area contributed by atoms with Gasteiger partial charge in [-0.15, -0.1) is 0 Å². The molecule has 0 fully saturated rings. The molecule has 10 heteroatoms. The number of esters is 1. The highest BCUT2D eigenvalue weighted by atomic mass is 31.2. The van der Waals surface area contributed by atoms with Gasteiger partial charge in [0.15, 0.2) is 0 Å². The lowest BCUT2D eigenvalue weighted by molar-refractivity contribution is -0.870. The van der Waals surface area contributed by atoms with Crippen molar-refractivity contribution in [2.24, 2.45) is 0 Å². The first kappa shape index (κ1) is 70.5. The zero-order valence-electron chi connectivity index (χ0n) is 48.4. The number of unbranched alkanes of at least 4 members (excludes halogenated alkanes) is 28. The number of phosphoric ester groups is 1. The number of rotatable bonds is 54. The van der Waals surface area contributed by atoms with Crippen LogP contribution in [-0.2, 0) is 27.9 Å². The summed E-state index contributed by atoms with van der Waals surface area (Å²) in [6, 6.07) is -0.854. The molecule has 0 aromatic carbocycles. The predicted octanol–water partition coefficient (Wildman–Crippen LogP) is 18.4. The maximum atomic E-state index is 13.5. The fourth-order valence-electron chi connectivity index (χ4n) is 8.50. The van der Waals surface area contributed by atoms with Crippen LogP contribution in [0.4, 0.5) is 0 Å². The molecule has 0 aliphatic carbocycles. The first-order chi connectivity index (χ1) is 35.4. The van der Waals surface area contributed by atoms with Crippen LogP contribution in [0.25, 0.3) is 0 Å². The first-order valence-electron chi connectivity index (χ1n) is 30.3. The van der Waals surface area contributed by atoms with E-state index in [9.17, 15) is 19.0 Å². The summed E-state index contributed by atoms with van der Waals surface area (Å²) in [6.07, 6.45) is 67.5. The minimum Gasteiger partial charge on any atom is -0.456 e. The molecule has 0 aliphatic heterocycles. The number of nitrogens with one attached hydrogen (secondary N) is 1. The van der Waals surface area contributed by atoms with E-state index in [1.807, 2.05) is 33.3 Å². The molecule has 0 aliphatic rings. The Morgan fingerprint density at radius 3 is 1.32 bits per heavy atom. The van der Waals surface area contributed by atoms with E-state index in [1.165, 1.54) is 128 Å². The van der Waals surface area contributed by atoms with E-state index in [4.69, 9.17) is 13.8 Å². The minimum atomic E-state index is -4.45. The molecule has 73 heavy (non-hydrogen) atoms. The number of quaternary nitrogens is 1. The number of nitrogens with zero attached hydrogens (tertiary/aromatic N) is 1. The van der Waals surface area contributed by atoms with Crippen molar-refractivity contribution in [3.05, 3.63) is 72.9 Å². The Labute approximate surface area is 451 Å². The lowest BCUT2D eigenvalue weighted by Crippen LogP contribution is -2.47. The van der Waals surface area contributed by atoms with Gasteiger partial charge in [-0.2, -0.15) is 0 Å². The van der Waals surface area contributed by atoms with Gasteiger partial charge in [0.25, 0.3) is 0 Å². The van der Waals surface area contributed by atoms with Crippen molar-refractivity contribution in [1.82, 2.24) is 5.32 Å². The molecule has 0 saturated carbocycles. The molecule has 2 N–H and O–H groups in total. The van der Waals surface area contributed by atoms with Gasteiger partial charge in [-0.25, -0.2) is 4.57 Å². The second kappa shape index (κ2) is 52.9. The lowest BCUT2D eigenvalue weighted by atomic mass is 10.0. The monoisotopic (exact) mass is 1040 g/mol. The highest BCUT2D eigenvalue weighted by Gasteiger charge is 2.30. The number of phosphoric acid groups is 1. The average molecular weight is 1040 g/mol. The predicted molar refractivity (Wildman–Crippen MR) is 314 cm³/mol. The zero-order valence-corrected chi connectivity index (χ0v) is 49.3. The molecule has 3 atom stereocenters. The second-order valence-electron chi connectivity index (χ2n) is 21.5. The quantitative estimate of drug-likeness (QED) is 0.0205. The van der Waals surface area contributed by atoms with Crippen LogP contribution in [0.2, 0.25) is 0 Å². The maximum Gasteiger partial charge on any atom is 0.472 e. The summed E-state index contributed by atoms with van der Waals surface area (Å²) in [5, 5.41) is 3.05. The van der Waals surface area contributed by atoms with E-state index in [2.05, 4.69) is 86.8 Å². The molecular formula is C63H116N2O7P+. The van der Waals surface area contributed by atoms with Gasteiger partial charge >= 0.3 is 13.8 Å². The standard InChI is InChI=1S/C63H115N2O7P/c1-7-10-13-16-19-22-25-27-28-29-30-31-32-33-34-35-36-38-41-43-46-49-52-55-62(66)64-60(59-71-73(68,69)70-58-57-65(4,5)6)61(54-51-48-45-42-40-37-26-23-20-17-14-11-8-2)72-63(67)56-53-50-47-44-39-24-21-18-15-12-9-3/h10,13,19,22,27-28,30-31,33-34,51,54,60-61H,7-9,11-12,14-18,20-21,23-26,29,32,35-50,52-53,55-59H2,1-6H3,(H-,64,66,68,69)/p+1/b13-10-,22-19-,28-27-,31-30-,34-33-,54-51+. The summed E-state index contributed by atoms with van der Waals surface area (Å²) in [5.41, 5.74) is 0. The molecule has 0 radical (unpaired) electrons. The number of hydrogen-bond acceptors (Lipinski definition) is 6. The van der Waals surface area contributed by atoms with Gasteiger partial charge < -0.3 is 19.4 Å². The maximum absolute atomic E-state index is 13.5. The van der Waals surface area contributed by atoms with Crippen LogP contribution < -0.4 is 5.32 Å². The molecule has 0 aromatic rings. The Balaban J connectivity index is 5.23. The van der Waals surface area contributed by atoms with E-state index in [1.54, 1.807) is 0 Å². The van der Waals surface area contributed by atoms with E-state index < -0.39 is 20.0 Å². The van der Waals surface area contributed by atoms with E-state index in [-0.39, 0.29) is 31.5 Å². The summed E-state index contributed by atoms with van der Waals surface area (Å²) in [7, 11) is 1.49. The van der Waals surface area contributed by atoms with Crippen LogP contribution in [0.5, 0.6) is 0 Å². The van der Waals surface area contributed by atoms with Crippen molar-refractivity contribution in [3.8, 4) is 0 Å². The lowest BCUT2D eigenvalue weighted by Gasteiger charge is -2.27. The molecule has 424 valence electrons. The Bertz CT molecular complexity index is 1480. The molecule has 0 bridgehead atoms. The van der Waals surface area contributed by atoms with Crippen molar-refractivity contribution >= 4 is 19.7 Å². The smallest absolute Gasteiger partial charge is 0.456 e. The van der Waals surface area contributed by atoms with Crippen molar-refractivity contribution < 1.29 is 37.3 Å². The second-order valence-corrected chi connectivity index (χ2v) is 23.0. The highest BCUT2D eigenvalue weighted by Crippen LogP contribution is 2.43. The van der Waals surface area contributed by atoms with Crippen molar-refractivity contribution in [1.29, 1.82) is 0 Å². The van der Waals surface area contributed by atoms with Crippen LogP contribution in [0.1, 0.15) is 265 Å². The normalized spacial score (nSPS) is 14.2. The zero-order chi connectivity index (χ0) is 53.6. The number of likely N-dealkylation sites (N-methyl/N-ethyl adjacent to an activating group) is 1. The summed E-state index contributed by atoms with van der Waals surface area (Å²) in [6.45, 7) is 6.89. The van der Waals surface area contributed by atoms with Crippen LogP contribution in [0.3, 0.4) is 0 Å². The third-order valence-electron chi connectivity index (χ3n) is 13.2. The molecule has 1 amide bonds. The fourth-order valence-corrected chi connectivity index (χ4v) is 9.23. The van der Waals surface area contributed by atoms with E-state index >= 15 is 0 Å². The molecular weight excluding hydrogens is 928 g/mol. The summed E-state index contributed by atoms with van der Waals surface area (Å²) in [5.74, 6) is -0.515. The third-order valence-corrected chi connectivity index (χ3v) is 14.1. The van der Waals surface area contributed by atoms with Crippen LogP contribution in [0, 0.1) is 0 Å². The number of carbonyl (C=O) groups is 2. The van der Waals surface area contributed by atoms with Gasteiger partial charge in [-0.1, -0.05) is 248 Å². The first-order valence-corrected chi connectivity index (χ1v) is 31.8. The summed E-state index contributed by atoms with van der Waals surface area (Å²) >= 11 is 0.